The molecule has 0 saturated carbocycles. The van der Waals surface area contributed by atoms with Gasteiger partial charge in [0, 0.05) is 29.1 Å². The van der Waals surface area contributed by atoms with Gasteiger partial charge in [0.15, 0.2) is 0 Å². The van der Waals surface area contributed by atoms with E-state index in [1.165, 1.54) is 18.4 Å². The van der Waals surface area contributed by atoms with E-state index in [0.717, 1.165) is 17.3 Å². The molecule has 0 aromatic heterocycles. The van der Waals surface area contributed by atoms with Gasteiger partial charge in [0.05, 0.1) is 6.10 Å². The largest absolute Gasteiger partial charge is 0.393 e. The molecule has 2 heterocycles. The average molecular weight is 325 g/mol. The number of piperidine rings is 1. The van der Waals surface area contributed by atoms with Crippen LogP contribution in [0.1, 0.15) is 37.3 Å². The summed E-state index contributed by atoms with van der Waals surface area (Å²) in [7, 11) is 0. The van der Waals surface area contributed by atoms with Gasteiger partial charge in [0.1, 0.15) is 0 Å². The molecule has 2 aliphatic heterocycles. The van der Waals surface area contributed by atoms with Gasteiger partial charge in [0.25, 0.3) is 0 Å². The quantitative estimate of drug-likeness (QED) is 0.897. The van der Waals surface area contributed by atoms with Gasteiger partial charge in [-0.05, 0) is 43.4 Å². The minimum atomic E-state index is -0.114. The molecule has 104 valence electrons. The maximum absolute atomic E-state index is 9.91. The third-order valence-electron chi connectivity index (χ3n) is 4.60. The van der Waals surface area contributed by atoms with Crippen molar-refractivity contribution in [3.63, 3.8) is 0 Å². The average Bonchev–Trinajstić information content (AvgIpc) is 2.66. The second-order valence-electron chi connectivity index (χ2n) is 5.76. The van der Waals surface area contributed by atoms with E-state index >= 15 is 0 Å². The van der Waals surface area contributed by atoms with Crippen molar-refractivity contribution in [2.45, 2.75) is 49.9 Å². The minimum Gasteiger partial charge on any atom is -0.393 e. The zero-order valence-electron chi connectivity index (χ0n) is 11.0. The smallest absolute Gasteiger partial charge is 0.0570 e. The van der Waals surface area contributed by atoms with Crippen LogP contribution in [0.25, 0.3) is 0 Å². The molecule has 1 aromatic carbocycles. The topological polar surface area (TPSA) is 49.5 Å². The number of nitrogens with zero attached hydrogens (tertiary/aromatic N) is 1. The van der Waals surface area contributed by atoms with E-state index in [9.17, 15) is 5.11 Å². The van der Waals surface area contributed by atoms with Crippen molar-refractivity contribution in [2.24, 2.45) is 5.73 Å². The first-order valence-electron chi connectivity index (χ1n) is 7.10. The summed E-state index contributed by atoms with van der Waals surface area (Å²) in [5, 5.41) is 9.91. The van der Waals surface area contributed by atoms with Gasteiger partial charge < -0.3 is 10.8 Å². The molecule has 2 saturated heterocycles. The van der Waals surface area contributed by atoms with Crippen LogP contribution in [-0.4, -0.2) is 34.7 Å². The lowest BCUT2D eigenvalue weighted by atomic mass is 9.95. The summed E-state index contributed by atoms with van der Waals surface area (Å²) in [5.41, 5.74) is 7.34. The molecule has 0 spiro atoms. The Labute approximate surface area is 122 Å². The fraction of sp³-hybridized carbons (Fsp3) is 0.600. The summed E-state index contributed by atoms with van der Waals surface area (Å²) in [4.78, 5) is 2.57. The number of aliphatic hydroxyl groups is 1. The Morgan fingerprint density at radius 2 is 1.79 bits per heavy atom. The summed E-state index contributed by atoms with van der Waals surface area (Å²) >= 11 is 3.48. The number of nitrogens with two attached hydrogens (primary N) is 1. The predicted molar refractivity (Wildman–Crippen MR) is 79.8 cm³/mol. The standard InChI is InChI=1S/C15H21BrN2O/c16-11-3-1-10(2-4-11)15(9-17)18-12-5-6-13(18)8-14(19)7-12/h1-4,12-15,19H,5-9,17H2. The molecule has 3 N–H and O–H groups in total. The Hall–Kier alpha value is -0.420. The molecule has 19 heavy (non-hydrogen) atoms. The molecule has 0 aliphatic carbocycles. The van der Waals surface area contributed by atoms with E-state index in [0.29, 0.717) is 18.6 Å². The Kier molecular flexibility index (Phi) is 3.94. The number of benzene rings is 1. The summed E-state index contributed by atoms with van der Waals surface area (Å²) in [6.07, 6.45) is 4.11. The highest BCUT2D eigenvalue weighted by molar-refractivity contribution is 9.10. The Bertz CT molecular complexity index is 422. The molecule has 3 rings (SSSR count). The van der Waals surface area contributed by atoms with Gasteiger partial charge in [0.2, 0.25) is 0 Å². The van der Waals surface area contributed by atoms with Gasteiger partial charge in [-0.1, -0.05) is 28.1 Å². The van der Waals surface area contributed by atoms with Gasteiger partial charge >= 0.3 is 0 Å². The molecular formula is C15H21BrN2O. The summed E-state index contributed by atoms with van der Waals surface area (Å²) < 4.78 is 1.10. The lowest BCUT2D eigenvalue weighted by Crippen LogP contribution is -2.48. The molecule has 3 atom stereocenters. The van der Waals surface area contributed by atoms with E-state index in [1.54, 1.807) is 0 Å². The van der Waals surface area contributed by atoms with E-state index in [1.807, 2.05) is 0 Å². The maximum Gasteiger partial charge on any atom is 0.0570 e. The van der Waals surface area contributed by atoms with Crippen LogP contribution in [0, 0.1) is 0 Å². The molecule has 4 heteroatoms. The second kappa shape index (κ2) is 5.52. The summed E-state index contributed by atoms with van der Waals surface area (Å²) in [6, 6.07) is 9.78. The van der Waals surface area contributed by atoms with Crippen LogP contribution >= 0.6 is 15.9 Å². The van der Waals surface area contributed by atoms with Crippen molar-refractivity contribution in [3.8, 4) is 0 Å². The van der Waals surface area contributed by atoms with Crippen molar-refractivity contribution in [3.05, 3.63) is 34.3 Å². The number of hydrogen-bond donors (Lipinski definition) is 2. The highest BCUT2D eigenvalue weighted by Gasteiger charge is 2.43. The molecule has 1 aromatic rings. The first kappa shape index (κ1) is 13.6. The van der Waals surface area contributed by atoms with Gasteiger partial charge in [-0.15, -0.1) is 0 Å². The lowest BCUT2D eigenvalue weighted by Gasteiger charge is -2.42. The fourth-order valence-electron chi connectivity index (χ4n) is 3.81. The van der Waals surface area contributed by atoms with Crippen molar-refractivity contribution < 1.29 is 5.11 Å². The van der Waals surface area contributed by atoms with Crippen LogP contribution in [0.2, 0.25) is 0 Å². The van der Waals surface area contributed by atoms with Crippen LogP contribution in [0.3, 0.4) is 0 Å². The monoisotopic (exact) mass is 324 g/mol. The zero-order chi connectivity index (χ0) is 13.4. The lowest BCUT2D eigenvalue weighted by molar-refractivity contribution is 0.0115. The SMILES string of the molecule is NCC(c1ccc(Br)cc1)N1C2CCC1CC(O)C2. The van der Waals surface area contributed by atoms with E-state index < -0.39 is 0 Å². The first-order valence-corrected chi connectivity index (χ1v) is 7.89. The van der Waals surface area contributed by atoms with E-state index in [-0.39, 0.29) is 12.1 Å². The van der Waals surface area contributed by atoms with Crippen LogP contribution < -0.4 is 5.73 Å². The molecule has 2 fully saturated rings. The highest BCUT2D eigenvalue weighted by atomic mass is 79.9. The molecule has 2 bridgehead atoms. The molecule has 3 unspecified atom stereocenters. The van der Waals surface area contributed by atoms with Crippen LogP contribution in [0.15, 0.2) is 28.7 Å². The molecule has 2 aliphatic rings. The van der Waals surface area contributed by atoms with Crippen LogP contribution in [-0.2, 0) is 0 Å². The predicted octanol–water partition coefficient (Wildman–Crippen LogP) is 2.44. The number of fused-ring (bicyclic) bond motifs is 2. The third kappa shape index (κ3) is 2.59. The molecular weight excluding hydrogens is 304 g/mol. The second-order valence-corrected chi connectivity index (χ2v) is 6.68. The maximum atomic E-state index is 9.91. The Morgan fingerprint density at radius 3 is 2.32 bits per heavy atom. The fourth-order valence-corrected chi connectivity index (χ4v) is 4.07. The van der Waals surface area contributed by atoms with Gasteiger partial charge in [-0.2, -0.15) is 0 Å². The summed E-state index contributed by atoms with van der Waals surface area (Å²) in [6.45, 7) is 0.644. The summed E-state index contributed by atoms with van der Waals surface area (Å²) in [5.74, 6) is 0. The van der Waals surface area contributed by atoms with Crippen molar-refractivity contribution in [1.82, 2.24) is 4.90 Å². The minimum absolute atomic E-state index is 0.114. The van der Waals surface area contributed by atoms with E-state index in [4.69, 9.17) is 5.73 Å². The highest BCUT2D eigenvalue weighted by Crippen LogP contribution is 2.41. The Morgan fingerprint density at radius 1 is 1.21 bits per heavy atom. The Balaban J connectivity index is 1.85. The van der Waals surface area contributed by atoms with E-state index in [2.05, 4.69) is 45.1 Å². The van der Waals surface area contributed by atoms with Gasteiger partial charge in [-0.3, -0.25) is 4.90 Å². The third-order valence-corrected chi connectivity index (χ3v) is 5.13. The van der Waals surface area contributed by atoms with Crippen molar-refractivity contribution >= 4 is 15.9 Å². The number of halogens is 1. The molecule has 0 amide bonds. The van der Waals surface area contributed by atoms with Gasteiger partial charge in [-0.25, -0.2) is 0 Å². The van der Waals surface area contributed by atoms with Crippen molar-refractivity contribution in [2.75, 3.05) is 6.54 Å². The van der Waals surface area contributed by atoms with Crippen LogP contribution in [0.4, 0.5) is 0 Å². The van der Waals surface area contributed by atoms with Crippen molar-refractivity contribution in [1.29, 1.82) is 0 Å². The zero-order valence-corrected chi connectivity index (χ0v) is 12.6. The number of rotatable bonds is 3. The van der Waals surface area contributed by atoms with Crippen LogP contribution in [0.5, 0.6) is 0 Å². The number of hydrogen-bond acceptors (Lipinski definition) is 3. The normalized spacial score (nSPS) is 32.5. The molecule has 0 radical (unpaired) electrons. The first-order chi connectivity index (χ1) is 9.19. The number of aliphatic hydroxyl groups excluding tert-OH is 1. The molecule has 3 nitrogen and oxygen atoms in total.